The second-order valence-corrected chi connectivity index (χ2v) is 8.25. The van der Waals surface area contributed by atoms with E-state index in [1.165, 1.54) is 16.2 Å². The number of rotatable bonds is 3. The van der Waals surface area contributed by atoms with Gasteiger partial charge in [-0.3, -0.25) is 4.79 Å². The van der Waals surface area contributed by atoms with E-state index in [4.69, 9.17) is 0 Å². The summed E-state index contributed by atoms with van der Waals surface area (Å²) in [6.07, 6.45) is 1.64. The third-order valence-electron chi connectivity index (χ3n) is 2.91. The predicted octanol–water partition coefficient (Wildman–Crippen LogP) is 4.79. The van der Waals surface area contributed by atoms with Gasteiger partial charge in [-0.15, -0.1) is 22.7 Å². The van der Waals surface area contributed by atoms with E-state index in [0.29, 0.717) is 6.42 Å². The van der Waals surface area contributed by atoms with Crippen LogP contribution in [-0.2, 0) is 18.6 Å². The van der Waals surface area contributed by atoms with E-state index < -0.39 is 0 Å². The van der Waals surface area contributed by atoms with E-state index in [-0.39, 0.29) is 5.78 Å². The summed E-state index contributed by atoms with van der Waals surface area (Å²) < 4.78 is 1.05. The largest absolute Gasteiger partial charge is 0.293 e. The van der Waals surface area contributed by atoms with E-state index >= 15 is 0 Å². The summed E-state index contributed by atoms with van der Waals surface area (Å²) in [6, 6.07) is 4.11. The maximum atomic E-state index is 12.3. The average Bonchev–Trinajstić information content (AvgIpc) is 2.96. The molecule has 94 valence electrons. The number of fused-ring (bicyclic) bond motifs is 1. The molecule has 0 aromatic carbocycles. The highest BCUT2D eigenvalue weighted by atomic mass is 79.9. The lowest BCUT2D eigenvalue weighted by Crippen LogP contribution is -1.99. The molecule has 0 unspecified atom stereocenters. The van der Waals surface area contributed by atoms with E-state index in [9.17, 15) is 4.79 Å². The Labute approximate surface area is 127 Å². The Balaban J connectivity index is 1.80. The molecule has 0 amide bonds. The van der Waals surface area contributed by atoms with E-state index in [1.54, 1.807) is 22.7 Å². The molecule has 0 spiro atoms. The van der Waals surface area contributed by atoms with Crippen LogP contribution in [0.15, 0.2) is 22.0 Å². The second kappa shape index (κ2) is 5.49. The minimum atomic E-state index is 0.252. The highest BCUT2D eigenvalue weighted by molar-refractivity contribution is 9.10. The van der Waals surface area contributed by atoms with Gasteiger partial charge in [0.05, 0.1) is 4.88 Å². The van der Waals surface area contributed by atoms with Crippen LogP contribution in [-0.4, -0.2) is 11.5 Å². The van der Waals surface area contributed by atoms with Gasteiger partial charge in [0.25, 0.3) is 0 Å². The molecule has 3 rings (SSSR count). The van der Waals surface area contributed by atoms with Gasteiger partial charge in [0.2, 0.25) is 0 Å². The van der Waals surface area contributed by atoms with Gasteiger partial charge in [-0.25, -0.2) is 0 Å². The molecule has 0 radical (unpaired) electrons. The number of thioether (sulfide) groups is 1. The van der Waals surface area contributed by atoms with Gasteiger partial charge in [0.15, 0.2) is 5.78 Å². The number of carbonyl (C=O) groups excluding carboxylic acids is 1. The molecule has 0 bridgehead atoms. The third-order valence-corrected chi connectivity index (χ3v) is 7.13. The highest BCUT2D eigenvalue weighted by Crippen LogP contribution is 2.33. The van der Waals surface area contributed by atoms with Crippen LogP contribution in [0, 0.1) is 0 Å². The summed E-state index contributed by atoms with van der Waals surface area (Å²) in [6.45, 7) is 0. The Morgan fingerprint density at radius 3 is 3.06 bits per heavy atom. The summed E-state index contributed by atoms with van der Waals surface area (Å²) in [5.74, 6) is 2.52. The number of hydrogen-bond donors (Lipinski definition) is 0. The van der Waals surface area contributed by atoms with Gasteiger partial charge in [0.1, 0.15) is 0 Å². The molecule has 18 heavy (non-hydrogen) atoms. The minimum absolute atomic E-state index is 0.252. The second-order valence-electron chi connectivity index (χ2n) is 4.15. The number of carbonyl (C=O) groups is 1. The van der Waals surface area contributed by atoms with Crippen molar-refractivity contribution in [3.8, 4) is 0 Å². The molecule has 0 saturated carbocycles. The van der Waals surface area contributed by atoms with Crippen LogP contribution in [0.2, 0.25) is 0 Å². The minimum Gasteiger partial charge on any atom is -0.293 e. The number of halogens is 1. The Hall–Kier alpha value is -0.100. The molecule has 5 heteroatoms. The standard InChI is InChI=1S/C13H11BrOS3/c14-9-1-4-17-12(9)6-10(15)13-5-8-7-16-3-2-11(8)18-13/h1,4-5H,2-3,6-7H2. The van der Waals surface area contributed by atoms with Crippen LogP contribution >= 0.6 is 50.4 Å². The van der Waals surface area contributed by atoms with E-state index in [0.717, 1.165) is 26.4 Å². The van der Waals surface area contributed by atoms with E-state index in [1.807, 2.05) is 23.2 Å². The molecule has 1 nitrogen and oxygen atoms in total. The fourth-order valence-corrected chi connectivity index (χ4v) is 5.77. The molecule has 0 atom stereocenters. The smallest absolute Gasteiger partial charge is 0.178 e. The summed E-state index contributed by atoms with van der Waals surface area (Å²) in [7, 11) is 0. The Kier molecular flexibility index (Phi) is 3.94. The summed E-state index contributed by atoms with van der Waals surface area (Å²) in [4.78, 5) is 15.7. The van der Waals surface area contributed by atoms with Crippen molar-refractivity contribution in [3.63, 3.8) is 0 Å². The van der Waals surface area contributed by atoms with Crippen molar-refractivity contribution in [1.29, 1.82) is 0 Å². The lowest BCUT2D eigenvalue weighted by molar-refractivity contribution is 0.0997. The maximum absolute atomic E-state index is 12.3. The zero-order chi connectivity index (χ0) is 12.5. The first kappa shape index (κ1) is 12.9. The van der Waals surface area contributed by atoms with Crippen molar-refractivity contribution < 1.29 is 4.79 Å². The van der Waals surface area contributed by atoms with E-state index in [2.05, 4.69) is 22.0 Å². The summed E-state index contributed by atoms with van der Waals surface area (Å²) in [5.41, 5.74) is 1.38. The third kappa shape index (κ3) is 2.59. The Morgan fingerprint density at radius 2 is 2.33 bits per heavy atom. The van der Waals surface area contributed by atoms with Crippen LogP contribution < -0.4 is 0 Å². The topological polar surface area (TPSA) is 17.1 Å². The van der Waals surface area contributed by atoms with Crippen LogP contribution in [0.5, 0.6) is 0 Å². The number of ketones is 1. The summed E-state index contributed by atoms with van der Waals surface area (Å²) in [5, 5.41) is 2.02. The average molecular weight is 359 g/mol. The molecule has 2 aromatic heterocycles. The Bertz CT molecular complexity index is 561. The fraction of sp³-hybridized carbons (Fsp3) is 0.308. The molecule has 0 saturated heterocycles. The van der Waals surface area contributed by atoms with Crippen LogP contribution in [0.1, 0.15) is 25.0 Å². The van der Waals surface area contributed by atoms with Crippen molar-refractivity contribution in [3.05, 3.63) is 42.2 Å². The maximum Gasteiger partial charge on any atom is 0.178 e. The molecule has 0 N–H and O–H groups in total. The highest BCUT2D eigenvalue weighted by Gasteiger charge is 2.18. The number of aryl methyl sites for hydroxylation is 1. The molecule has 2 aromatic rings. The van der Waals surface area contributed by atoms with Gasteiger partial charge >= 0.3 is 0 Å². The van der Waals surface area contributed by atoms with Gasteiger partial charge in [-0.2, -0.15) is 11.8 Å². The van der Waals surface area contributed by atoms with Crippen LogP contribution in [0.4, 0.5) is 0 Å². The molecule has 0 fully saturated rings. The zero-order valence-corrected chi connectivity index (χ0v) is 13.6. The van der Waals surface area contributed by atoms with Crippen molar-refractivity contribution in [2.75, 3.05) is 5.75 Å². The molecular formula is C13H11BrOS3. The first-order valence-electron chi connectivity index (χ1n) is 5.68. The fourth-order valence-electron chi connectivity index (χ4n) is 1.97. The quantitative estimate of drug-likeness (QED) is 0.733. The SMILES string of the molecule is O=C(Cc1sccc1Br)c1cc2c(s1)CCSC2. The molecule has 3 heterocycles. The zero-order valence-electron chi connectivity index (χ0n) is 9.57. The van der Waals surface area contributed by atoms with Crippen molar-refractivity contribution in [2.45, 2.75) is 18.6 Å². The van der Waals surface area contributed by atoms with Crippen LogP contribution in [0.25, 0.3) is 0 Å². The first-order valence-corrected chi connectivity index (χ1v) is 9.33. The summed E-state index contributed by atoms with van der Waals surface area (Å²) >= 11 is 8.78. The van der Waals surface area contributed by atoms with Gasteiger partial charge in [-0.05, 0) is 51.2 Å². The van der Waals surface area contributed by atoms with Crippen molar-refractivity contribution in [1.82, 2.24) is 0 Å². The number of Topliss-reactive ketones (excluding diaryl/α,β-unsaturated/α-hetero) is 1. The lowest BCUT2D eigenvalue weighted by atomic mass is 10.1. The number of hydrogen-bond acceptors (Lipinski definition) is 4. The molecule has 1 aliphatic rings. The van der Waals surface area contributed by atoms with Gasteiger partial charge in [0, 0.05) is 26.4 Å². The molecular weight excluding hydrogens is 348 g/mol. The van der Waals surface area contributed by atoms with Gasteiger partial charge in [-0.1, -0.05) is 0 Å². The normalized spacial score (nSPS) is 14.5. The van der Waals surface area contributed by atoms with Gasteiger partial charge < -0.3 is 0 Å². The lowest BCUT2D eigenvalue weighted by Gasteiger charge is -2.08. The van der Waals surface area contributed by atoms with Crippen molar-refractivity contribution in [2.24, 2.45) is 0 Å². The van der Waals surface area contributed by atoms with Crippen molar-refractivity contribution >= 4 is 56.1 Å². The molecule has 0 aliphatic carbocycles. The predicted molar refractivity (Wildman–Crippen MR) is 84.2 cm³/mol. The number of thiophene rings is 2. The monoisotopic (exact) mass is 358 g/mol. The van der Waals surface area contributed by atoms with Crippen LogP contribution in [0.3, 0.4) is 0 Å². The molecule has 1 aliphatic heterocycles. The Morgan fingerprint density at radius 1 is 1.44 bits per heavy atom. The first-order chi connectivity index (χ1) is 8.74.